The van der Waals surface area contributed by atoms with Gasteiger partial charge in [-0.2, -0.15) is 0 Å². The van der Waals surface area contributed by atoms with E-state index in [0.717, 1.165) is 31.5 Å². The fourth-order valence-corrected chi connectivity index (χ4v) is 2.69. The molecule has 3 rings (SSSR count). The molecule has 1 aliphatic heterocycles. The first-order valence-corrected chi connectivity index (χ1v) is 7.31. The number of amides is 1. The van der Waals surface area contributed by atoms with Crippen LogP contribution in [0.1, 0.15) is 56.8 Å². The van der Waals surface area contributed by atoms with Gasteiger partial charge < -0.3 is 15.2 Å². The number of nitrogens with one attached hydrogen (secondary N) is 2. The Bertz CT molecular complexity index is 446. The van der Waals surface area contributed by atoms with E-state index >= 15 is 0 Å². The molecule has 2 heterocycles. The Balaban J connectivity index is 1.72. The zero-order valence-corrected chi connectivity index (χ0v) is 11.4. The summed E-state index contributed by atoms with van der Waals surface area (Å²) < 4.78 is 2.01. The third kappa shape index (κ3) is 2.81. The molecule has 1 aliphatic carbocycles. The Labute approximate surface area is 113 Å². The molecule has 2 N–H and O–H groups in total. The lowest BCUT2D eigenvalue weighted by Crippen LogP contribution is -2.35. The Morgan fingerprint density at radius 2 is 2.32 bits per heavy atom. The minimum Gasteiger partial charge on any atom is -0.352 e. The molecule has 0 spiro atoms. The Morgan fingerprint density at radius 3 is 3.00 bits per heavy atom. The summed E-state index contributed by atoms with van der Waals surface area (Å²) in [6.07, 6.45) is 9.53. The third-order valence-corrected chi connectivity index (χ3v) is 4.08. The summed E-state index contributed by atoms with van der Waals surface area (Å²) in [6.45, 7) is 3.00. The highest BCUT2D eigenvalue weighted by Gasteiger charge is 2.28. The van der Waals surface area contributed by atoms with Crippen LogP contribution in [0.25, 0.3) is 0 Å². The van der Waals surface area contributed by atoms with Gasteiger partial charge in [-0.25, -0.2) is 4.98 Å². The van der Waals surface area contributed by atoms with E-state index in [1.807, 2.05) is 17.7 Å². The smallest absolute Gasteiger partial charge is 0.243 e. The van der Waals surface area contributed by atoms with Gasteiger partial charge in [-0.15, -0.1) is 0 Å². The van der Waals surface area contributed by atoms with E-state index in [9.17, 15) is 4.79 Å². The van der Waals surface area contributed by atoms with Gasteiger partial charge in [0.15, 0.2) is 0 Å². The van der Waals surface area contributed by atoms with E-state index in [-0.39, 0.29) is 11.9 Å². The van der Waals surface area contributed by atoms with Crippen molar-refractivity contribution in [1.29, 1.82) is 0 Å². The first-order valence-electron chi connectivity index (χ1n) is 7.31. The predicted octanol–water partition coefficient (Wildman–Crippen LogP) is 1.54. The molecule has 2 atom stereocenters. The molecule has 1 saturated carbocycles. The largest absolute Gasteiger partial charge is 0.352 e. The van der Waals surface area contributed by atoms with E-state index in [1.54, 1.807) is 6.33 Å². The van der Waals surface area contributed by atoms with Crippen LogP contribution in [0, 0.1) is 0 Å². The Kier molecular flexibility index (Phi) is 3.55. The second-order valence-electron chi connectivity index (χ2n) is 5.69. The standard InChI is InChI=1S/C14H22N4O/c1-10(14(19)17-11-5-6-11)18-9-15-8-13(18)12-4-2-3-7-16-12/h8-12,16H,2-7H2,1H3,(H,17,19). The van der Waals surface area contributed by atoms with Crippen molar-refractivity contribution in [3.63, 3.8) is 0 Å². The average molecular weight is 262 g/mol. The predicted molar refractivity (Wildman–Crippen MR) is 72.7 cm³/mol. The topological polar surface area (TPSA) is 59.0 Å². The number of nitrogens with zero attached hydrogens (tertiary/aromatic N) is 2. The zero-order valence-electron chi connectivity index (χ0n) is 11.4. The van der Waals surface area contributed by atoms with Gasteiger partial charge >= 0.3 is 0 Å². The van der Waals surface area contributed by atoms with Crippen molar-refractivity contribution in [3.8, 4) is 0 Å². The molecule has 0 aromatic carbocycles. The highest BCUT2D eigenvalue weighted by Crippen LogP contribution is 2.25. The van der Waals surface area contributed by atoms with Gasteiger partial charge in [-0.05, 0) is 39.2 Å². The number of carbonyl (C=O) groups is 1. The maximum absolute atomic E-state index is 12.1. The van der Waals surface area contributed by atoms with Crippen molar-refractivity contribution in [1.82, 2.24) is 20.2 Å². The van der Waals surface area contributed by atoms with Crippen LogP contribution in [0.3, 0.4) is 0 Å². The number of hydrogen-bond acceptors (Lipinski definition) is 3. The fourth-order valence-electron chi connectivity index (χ4n) is 2.69. The molecule has 2 aliphatic rings. The van der Waals surface area contributed by atoms with Crippen LogP contribution >= 0.6 is 0 Å². The molecule has 104 valence electrons. The molecule has 1 aromatic rings. The molecule has 0 radical (unpaired) electrons. The van der Waals surface area contributed by atoms with E-state index in [4.69, 9.17) is 0 Å². The molecule has 1 amide bonds. The summed E-state index contributed by atoms with van der Waals surface area (Å²) in [5, 5.41) is 6.58. The van der Waals surface area contributed by atoms with Crippen molar-refractivity contribution in [3.05, 3.63) is 18.2 Å². The van der Waals surface area contributed by atoms with Crippen LogP contribution in [0.5, 0.6) is 0 Å². The van der Waals surface area contributed by atoms with Gasteiger partial charge in [0, 0.05) is 18.3 Å². The molecule has 5 nitrogen and oxygen atoms in total. The van der Waals surface area contributed by atoms with Gasteiger partial charge in [0.05, 0.1) is 12.0 Å². The first-order chi connectivity index (χ1) is 9.25. The first kappa shape index (κ1) is 12.7. The fraction of sp³-hybridized carbons (Fsp3) is 0.714. The van der Waals surface area contributed by atoms with Crippen LogP contribution in [-0.2, 0) is 4.79 Å². The number of piperidine rings is 1. The molecule has 5 heteroatoms. The summed E-state index contributed by atoms with van der Waals surface area (Å²) in [6, 6.07) is 0.573. The quantitative estimate of drug-likeness (QED) is 0.865. The number of imidazole rings is 1. The van der Waals surface area contributed by atoms with Crippen LogP contribution in [0.4, 0.5) is 0 Å². The third-order valence-electron chi connectivity index (χ3n) is 4.08. The maximum Gasteiger partial charge on any atom is 0.243 e. The molecule has 19 heavy (non-hydrogen) atoms. The van der Waals surface area contributed by atoms with Gasteiger partial charge in [-0.1, -0.05) is 6.42 Å². The number of carbonyl (C=O) groups excluding carboxylic acids is 1. The highest BCUT2D eigenvalue weighted by molar-refractivity contribution is 5.80. The summed E-state index contributed by atoms with van der Waals surface area (Å²) in [5.74, 6) is 0.109. The summed E-state index contributed by atoms with van der Waals surface area (Å²) in [4.78, 5) is 16.4. The molecular formula is C14H22N4O. The summed E-state index contributed by atoms with van der Waals surface area (Å²) >= 11 is 0. The Morgan fingerprint density at radius 1 is 1.47 bits per heavy atom. The zero-order chi connectivity index (χ0) is 13.2. The van der Waals surface area contributed by atoms with E-state index in [1.165, 1.54) is 12.8 Å². The molecule has 2 fully saturated rings. The average Bonchev–Trinajstić information content (AvgIpc) is 3.12. The summed E-state index contributed by atoms with van der Waals surface area (Å²) in [5.41, 5.74) is 1.14. The van der Waals surface area contributed by atoms with Crippen molar-refractivity contribution < 1.29 is 4.79 Å². The van der Waals surface area contributed by atoms with E-state index < -0.39 is 0 Å². The second kappa shape index (κ2) is 5.33. The van der Waals surface area contributed by atoms with Crippen molar-refractivity contribution in [2.45, 2.75) is 57.2 Å². The highest BCUT2D eigenvalue weighted by atomic mass is 16.2. The number of rotatable bonds is 4. The lowest BCUT2D eigenvalue weighted by atomic mass is 10.0. The van der Waals surface area contributed by atoms with Crippen LogP contribution in [-0.4, -0.2) is 28.0 Å². The Hall–Kier alpha value is -1.36. The molecular weight excluding hydrogens is 240 g/mol. The van der Waals surface area contributed by atoms with Crippen LogP contribution in [0.2, 0.25) is 0 Å². The van der Waals surface area contributed by atoms with Gasteiger partial charge in [0.25, 0.3) is 0 Å². The maximum atomic E-state index is 12.1. The van der Waals surface area contributed by atoms with Crippen molar-refractivity contribution >= 4 is 5.91 Å². The molecule has 2 unspecified atom stereocenters. The monoisotopic (exact) mass is 262 g/mol. The van der Waals surface area contributed by atoms with Gasteiger partial charge in [-0.3, -0.25) is 4.79 Å². The van der Waals surface area contributed by atoms with Crippen molar-refractivity contribution in [2.75, 3.05) is 6.54 Å². The molecule has 0 bridgehead atoms. The van der Waals surface area contributed by atoms with Crippen LogP contribution in [0.15, 0.2) is 12.5 Å². The lowest BCUT2D eigenvalue weighted by Gasteiger charge is -2.26. The number of hydrogen-bond donors (Lipinski definition) is 2. The second-order valence-corrected chi connectivity index (χ2v) is 5.69. The van der Waals surface area contributed by atoms with Gasteiger partial charge in [0.2, 0.25) is 5.91 Å². The van der Waals surface area contributed by atoms with Gasteiger partial charge in [0.1, 0.15) is 6.04 Å². The van der Waals surface area contributed by atoms with E-state index in [2.05, 4.69) is 15.6 Å². The minimum atomic E-state index is -0.179. The SMILES string of the molecule is CC(C(=O)NC1CC1)n1cncc1C1CCCCN1. The van der Waals surface area contributed by atoms with Crippen molar-refractivity contribution in [2.24, 2.45) is 0 Å². The molecule has 1 saturated heterocycles. The normalized spacial score (nSPS) is 25.0. The lowest BCUT2D eigenvalue weighted by molar-refractivity contribution is -0.124. The van der Waals surface area contributed by atoms with Crippen LogP contribution < -0.4 is 10.6 Å². The molecule has 1 aromatic heterocycles. The summed E-state index contributed by atoms with van der Waals surface area (Å²) in [7, 11) is 0. The number of aromatic nitrogens is 2. The van der Waals surface area contributed by atoms with E-state index in [0.29, 0.717) is 12.1 Å². The minimum absolute atomic E-state index is 0.109.